The van der Waals surface area contributed by atoms with Crippen molar-refractivity contribution in [3.8, 4) is 0 Å². The van der Waals surface area contributed by atoms with Crippen molar-refractivity contribution in [2.45, 2.75) is 64.0 Å². The summed E-state index contributed by atoms with van der Waals surface area (Å²) < 4.78 is 5.55. The van der Waals surface area contributed by atoms with Crippen LogP contribution in [0.25, 0.3) is 0 Å². The predicted molar refractivity (Wildman–Crippen MR) is 108 cm³/mol. The van der Waals surface area contributed by atoms with Crippen LogP contribution in [0.5, 0.6) is 0 Å². The maximum absolute atomic E-state index is 5.55. The maximum Gasteiger partial charge on any atom is 0.191 e. The maximum atomic E-state index is 5.55. The molecule has 2 aliphatic rings. The highest BCUT2D eigenvalue weighted by atomic mass is 127. The molecule has 6 heteroatoms. The van der Waals surface area contributed by atoms with Crippen molar-refractivity contribution in [1.82, 2.24) is 15.5 Å². The van der Waals surface area contributed by atoms with Crippen molar-refractivity contribution in [3.05, 3.63) is 0 Å². The van der Waals surface area contributed by atoms with Gasteiger partial charge in [-0.2, -0.15) is 0 Å². The van der Waals surface area contributed by atoms with Gasteiger partial charge in [0.25, 0.3) is 0 Å². The quantitative estimate of drug-likeness (QED) is 0.394. The summed E-state index contributed by atoms with van der Waals surface area (Å²) in [6.45, 7) is 9.27. The van der Waals surface area contributed by atoms with E-state index in [1.165, 1.54) is 32.1 Å². The molecule has 1 aliphatic heterocycles. The highest BCUT2D eigenvalue weighted by Gasteiger charge is 2.38. The number of guanidine groups is 1. The number of nitrogens with zero attached hydrogens (tertiary/aromatic N) is 2. The Morgan fingerprint density at radius 1 is 1.22 bits per heavy atom. The standard InChI is InChI=1S/C17H34N4O.HI/c1-4-15(2)20-16(18-3)19-14-17(8-6-5-7-9-17)21-10-12-22-13-11-21;/h15H,4-14H2,1-3H3,(H2,18,19,20);1H. The van der Waals surface area contributed by atoms with Gasteiger partial charge in [-0.3, -0.25) is 9.89 Å². The molecule has 0 bridgehead atoms. The topological polar surface area (TPSA) is 48.9 Å². The second-order valence-electron chi connectivity index (χ2n) is 6.76. The molecular weight excluding hydrogens is 403 g/mol. The third kappa shape index (κ3) is 6.05. The molecule has 2 N–H and O–H groups in total. The molecule has 1 heterocycles. The predicted octanol–water partition coefficient (Wildman–Crippen LogP) is 2.60. The first-order valence-corrected chi connectivity index (χ1v) is 9.00. The fraction of sp³-hybridized carbons (Fsp3) is 0.941. The van der Waals surface area contributed by atoms with Crippen LogP contribution in [0.3, 0.4) is 0 Å². The minimum atomic E-state index is 0. The Balaban J connectivity index is 0.00000264. The largest absolute Gasteiger partial charge is 0.379 e. The van der Waals surface area contributed by atoms with E-state index >= 15 is 0 Å². The molecule has 1 saturated carbocycles. The van der Waals surface area contributed by atoms with Gasteiger partial charge in [0.05, 0.1) is 13.2 Å². The molecule has 1 saturated heterocycles. The summed E-state index contributed by atoms with van der Waals surface area (Å²) in [7, 11) is 1.86. The molecule has 0 spiro atoms. The van der Waals surface area contributed by atoms with Crippen molar-refractivity contribution in [2.75, 3.05) is 39.9 Å². The summed E-state index contributed by atoms with van der Waals surface area (Å²) >= 11 is 0. The van der Waals surface area contributed by atoms with Gasteiger partial charge >= 0.3 is 0 Å². The third-order valence-corrected chi connectivity index (χ3v) is 5.27. The van der Waals surface area contributed by atoms with Gasteiger partial charge < -0.3 is 15.4 Å². The van der Waals surface area contributed by atoms with Gasteiger partial charge in [0.15, 0.2) is 5.96 Å². The Bertz CT molecular complexity index is 353. The number of morpholine rings is 1. The molecular formula is C17H35IN4O. The molecule has 1 aliphatic carbocycles. The summed E-state index contributed by atoms with van der Waals surface area (Å²) in [5.74, 6) is 0.938. The minimum Gasteiger partial charge on any atom is -0.379 e. The fourth-order valence-corrected chi connectivity index (χ4v) is 3.63. The second kappa shape index (κ2) is 10.7. The lowest BCUT2D eigenvalue weighted by Gasteiger charge is -2.48. The van der Waals surface area contributed by atoms with E-state index in [0.29, 0.717) is 6.04 Å². The second-order valence-corrected chi connectivity index (χ2v) is 6.76. The molecule has 0 amide bonds. The van der Waals surface area contributed by atoms with Crippen LogP contribution in [-0.2, 0) is 4.74 Å². The van der Waals surface area contributed by atoms with E-state index < -0.39 is 0 Å². The number of nitrogens with one attached hydrogen (secondary N) is 2. The number of ether oxygens (including phenoxy) is 1. The Labute approximate surface area is 159 Å². The van der Waals surface area contributed by atoms with Gasteiger partial charge in [-0.1, -0.05) is 26.2 Å². The van der Waals surface area contributed by atoms with Crippen LogP contribution in [0.4, 0.5) is 0 Å². The minimum absolute atomic E-state index is 0. The first-order valence-electron chi connectivity index (χ1n) is 9.00. The van der Waals surface area contributed by atoms with Crippen LogP contribution in [0.15, 0.2) is 4.99 Å². The normalized spacial score (nSPS) is 23.7. The van der Waals surface area contributed by atoms with E-state index in [1.54, 1.807) is 0 Å². The zero-order valence-electron chi connectivity index (χ0n) is 15.1. The van der Waals surface area contributed by atoms with Crippen molar-refractivity contribution >= 4 is 29.9 Å². The zero-order chi connectivity index (χ0) is 15.8. The highest BCUT2D eigenvalue weighted by Crippen LogP contribution is 2.33. The average molecular weight is 438 g/mol. The average Bonchev–Trinajstić information content (AvgIpc) is 2.60. The van der Waals surface area contributed by atoms with E-state index in [4.69, 9.17) is 4.74 Å². The lowest BCUT2D eigenvalue weighted by atomic mass is 9.80. The first-order chi connectivity index (χ1) is 10.7. The number of hydrogen-bond acceptors (Lipinski definition) is 3. The van der Waals surface area contributed by atoms with Crippen LogP contribution in [-0.4, -0.2) is 62.3 Å². The van der Waals surface area contributed by atoms with E-state index in [1.807, 2.05) is 7.05 Å². The van der Waals surface area contributed by atoms with E-state index in [0.717, 1.165) is 45.2 Å². The summed E-state index contributed by atoms with van der Waals surface area (Å²) in [4.78, 5) is 7.05. The SMILES string of the molecule is CCC(C)NC(=NC)NCC1(N2CCOCC2)CCCCC1.I. The molecule has 1 unspecified atom stereocenters. The zero-order valence-corrected chi connectivity index (χ0v) is 17.4. The Morgan fingerprint density at radius 3 is 2.43 bits per heavy atom. The van der Waals surface area contributed by atoms with Gasteiger partial charge in [-0.05, 0) is 26.2 Å². The van der Waals surface area contributed by atoms with Crippen LogP contribution < -0.4 is 10.6 Å². The molecule has 136 valence electrons. The van der Waals surface area contributed by atoms with Gasteiger partial charge in [0.1, 0.15) is 0 Å². The summed E-state index contributed by atoms with van der Waals surface area (Å²) in [6.07, 6.45) is 7.76. The van der Waals surface area contributed by atoms with Gasteiger partial charge in [0, 0.05) is 38.3 Å². The molecule has 0 aromatic rings. The lowest BCUT2D eigenvalue weighted by Crippen LogP contribution is -2.60. The van der Waals surface area contributed by atoms with E-state index in [2.05, 4.69) is 34.4 Å². The highest BCUT2D eigenvalue weighted by molar-refractivity contribution is 14.0. The number of hydrogen-bond donors (Lipinski definition) is 2. The third-order valence-electron chi connectivity index (χ3n) is 5.27. The van der Waals surface area contributed by atoms with Gasteiger partial charge in [0.2, 0.25) is 0 Å². The van der Waals surface area contributed by atoms with E-state index in [-0.39, 0.29) is 29.5 Å². The van der Waals surface area contributed by atoms with Crippen molar-refractivity contribution < 1.29 is 4.74 Å². The first kappa shape index (κ1) is 21.0. The number of rotatable bonds is 5. The molecule has 1 atom stereocenters. The van der Waals surface area contributed by atoms with Crippen molar-refractivity contribution in [2.24, 2.45) is 4.99 Å². The molecule has 0 aromatic heterocycles. The van der Waals surface area contributed by atoms with Crippen LogP contribution in [0.2, 0.25) is 0 Å². The molecule has 23 heavy (non-hydrogen) atoms. The number of halogens is 1. The fourth-order valence-electron chi connectivity index (χ4n) is 3.63. The Morgan fingerprint density at radius 2 is 1.87 bits per heavy atom. The Hall–Kier alpha value is -0.0800. The summed E-state index contributed by atoms with van der Waals surface area (Å²) in [5.41, 5.74) is 0.287. The van der Waals surface area contributed by atoms with Crippen LogP contribution in [0, 0.1) is 0 Å². The summed E-state index contributed by atoms with van der Waals surface area (Å²) in [6, 6.07) is 0.455. The summed E-state index contributed by atoms with van der Waals surface area (Å²) in [5, 5.41) is 7.07. The smallest absolute Gasteiger partial charge is 0.191 e. The number of aliphatic imine (C=N–C) groups is 1. The van der Waals surface area contributed by atoms with Crippen molar-refractivity contribution in [1.29, 1.82) is 0 Å². The molecule has 2 fully saturated rings. The van der Waals surface area contributed by atoms with E-state index in [9.17, 15) is 0 Å². The molecule has 5 nitrogen and oxygen atoms in total. The van der Waals surface area contributed by atoms with Crippen LogP contribution in [0.1, 0.15) is 52.4 Å². The lowest BCUT2D eigenvalue weighted by molar-refractivity contribution is -0.0352. The monoisotopic (exact) mass is 438 g/mol. The molecule has 2 rings (SSSR count). The van der Waals surface area contributed by atoms with Crippen LogP contribution >= 0.6 is 24.0 Å². The Kier molecular flexibility index (Phi) is 9.77. The molecule has 0 aromatic carbocycles. The van der Waals surface area contributed by atoms with Gasteiger partial charge in [-0.25, -0.2) is 0 Å². The van der Waals surface area contributed by atoms with Crippen molar-refractivity contribution in [3.63, 3.8) is 0 Å². The molecule has 0 radical (unpaired) electrons. The van der Waals surface area contributed by atoms with Gasteiger partial charge in [-0.15, -0.1) is 24.0 Å².